The number of hydrogen-bond donors (Lipinski definition) is 2. The van der Waals surface area contributed by atoms with Crippen LogP contribution < -0.4 is 25.3 Å². The Morgan fingerprint density at radius 2 is 1.77 bits per heavy atom. The van der Waals surface area contributed by atoms with E-state index >= 15 is 0 Å². The number of methoxy groups -OCH3 is 1. The molecule has 3 aliphatic heterocycles. The molecule has 1 aromatic heterocycles. The van der Waals surface area contributed by atoms with Crippen molar-refractivity contribution in [1.82, 2.24) is 19.8 Å². The summed E-state index contributed by atoms with van der Waals surface area (Å²) in [5.41, 5.74) is 2.12. The summed E-state index contributed by atoms with van der Waals surface area (Å²) in [6, 6.07) is 8.54. The van der Waals surface area contributed by atoms with Gasteiger partial charge in [-0.1, -0.05) is 6.58 Å². The quantitative estimate of drug-likeness (QED) is 0.314. The Labute approximate surface area is 278 Å². The van der Waals surface area contributed by atoms with Gasteiger partial charge in [0.1, 0.15) is 29.5 Å². The maximum absolute atomic E-state index is 14.7. The molecule has 4 heterocycles. The summed E-state index contributed by atoms with van der Waals surface area (Å²) in [4.78, 5) is 45.4. The van der Waals surface area contributed by atoms with Gasteiger partial charge < -0.3 is 25.2 Å². The summed E-state index contributed by atoms with van der Waals surface area (Å²) in [6.45, 7) is 10.4. The van der Waals surface area contributed by atoms with E-state index in [2.05, 4.69) is 37.0 Å². The first-order valence-corrected chi connectivity index (χ1v) is 16.1. The number of nitrogens with zero attached hydrogens (tertiary/aromatic N) is 6. The fourth-order valence-corrected chi connectivity index (χ4v) is 6.68. The third kappa shape index (κ3) is 7.19. The maximum atomic E-state index is 14.7. The zero-order valence-corrected chi connectivity index (χ0v) is 27.1. The largest absolute Gasteiger partial charge is 0.494 e. The summed E-state index contributed by atoms with van der Waals surface area (Å²) in [5.74, 6) is -0.00562. The average Bonchev–Trinajstić information content (AvgIpc) is 3.60. The molecule has 14 heteroatoms. The van der Waals surface area contributed by atoms with Crippen LogP contribution in [0.4, 0.5) is 37.5 Å². The van der Waals surface area contributed by atoms with E-state index in [-0.39, 0.29) is 17.4 Å². The third-order valence-corrected chi connectivity index (χ3v) is 9.21. The SMILES string of the molecule is C=CC(=O)Nc1cc(Nc2cc(N3OCC[C@@H]3c3cc(F)ccc3F)ncn2)c(OC)cc1N1CCC(N2CCN(C(C)=O)CC2)CC1. The van der Waals surface area contributed by atoms with E-state index in [1.165, 1.54) is 23.5 Å². The van der Waals surface area contributed by atoms with Crippen molar-refractivity contribution < 1.29 is 27.9 Å². The number of hydrogen-bond acceptors (Lipinski definition) is 10. The van der Waals surface area contributed by atoms with Gasteiger partial charge in [0.15, 0.2) is 5.82 Å². The molecule has 3 aromatic rings. The van der Waals surface area contributed by atoms with Gasteiger partial charge in [-0.3, -0.25) is 19.3 Å². The van der Waals surface area contributed by atoms with E-state index in [1.54, 1.807) is 26.2 Å². The molecular weight excluding hydrogens is 622 g/mol. The first kappa shape index (κ1) is 33.1. The van der Waals surface area contributed by atoms with E-state index in [9.17, 15) is 18.4 Å². The van der Waals surface area contributed by atoms with Crippen LogP contribution in [0.1, 0.15) is 37.8 Å². The molecule has 0 aliphatic carbocycles. The normalized spacial score (nSPS) is 18.9. The number of benzene rings is 2. The molecule has 1 atom stereocenters. The lowest BCUT2D eigenvalue weighted by Crippen LogP contribution is -2.54. The van der Waals surface area contributed by atoms with Crippen molar-refractivity contribution in [3.63, 3.8) is 0 Å². The van der Waals surface area contributed by atoms with Crippen LogP contribution in [-0.2, 0) is 14.4 Å². The van der Waals surface area contributed by atoms with Gasteiger partial charge in [-0.2, -0.15) is 0 Å². The lowest BCUT2D eigenvalue weighted by atomic mass is 10.0. The highest BCUT2D eigenvalue weighted by atomic mass is 19.1. The second-order valence-corrected chi connectivity index (χ2v) is 12.0. The number of hydroxylamine groups is 1. The minimum atomic E-state index is -0.577. The van der Waals surface area contributed by atoms with Gasteiger partial charge in [-0.25, -0.2) is 23.8 Å². The number of rotatable bonds is 9. The molecule has 12 nitrogen and oxygen atoms in total. The first-order chi connectivity index (χ1) is 23.2. The average molecular weight is 663 g/mol. The fraction of sp³-hybridized carbons (Fsp3) is 0.412. The molecule has 48 heavy (non-hydrogen) atoms. The van der Waals surface area contributed by atoms with Crippen molar-refractivity contribution in [2.75, 3.05) is 73.6 Å². The number of anilines is 5. The number of amides is 2. The van der Waals surface area contributed by atoms with Gasteiger partial charge in [0.25, 0.3) is 0 Å². The Balaban J connectivity index is 1.21. The molecule has 0 bridgehead atoms. The van der Waals surface area contributed by atoms with Crippen LogP contribution in [0.25, 0.3) is 0 Å². The van der Waals surface area contributed by atoms with Crippen molar-refractivity contribution in [2.45, 2.75) is 38.3 Å². The van der Waals surface area contributed by atoms with E-state index in [1.807, 2.05) is 11.0 Å². The van der Waals surface area contributed by atoms with Gasteiger partial charge in [-0.05, 0) is 43.2 Å². The zero-order chi connectivity index (χ0) is 33.8. The number of aromatic nitrogens is 2. The van der Waals surface area contributed by atoms with Crippen molar-refractivity contribution in [3.8, 4) is 5.75 Å². The molecule has 3 fully saturated rings. The summed E-state index contributed by atoms with van der Waals surface area (Å²) in [5, 5.41) is 7.67. The third-order valence-electron chi connectivity index (χ3n) is 9.21. The lowest BCUT2D eigenvalue weighted by Gasteiger charge is -2.43. The summed E-state index contributed by atoms with van der Waals surface area (Å²) >= 11 is 0. The highest BCUT2D eigenvalue weighted by Gasteiger charge is 2.32. The Hall–Kier alpha value is -4.82. The van der Waals surface area contributed by atoms with E-state index in [4.69, 9.17) is 9.57 Å². The topological polar surface area (TPSA) is 115 Å². The molecule has 0 unspecified atom stereocenters. The molecule has 254 valence electrons. The van der Waals surface area contributed by atoms with Gasteiger partial charge in [0.2, 0.25) is 11.8 Å². The molecule has 0 radical (unpaired) electrons. The first-order valence-electron chi connectivity index (χ1n) is 16.1. The van der Waals surface area contributed by atoms with Crippen LogP contribution in [0, 0.1) is 11.6 Å². The highest BCUT2D eigenvalue weighted by molar-refractivity contribution is 6.02. The molecule has 6 rings (SSSR count). The fourth-order valence-electron chi connectivity index (χ4n) is 6.68. The minimum Gasteiger partial charge on any atom is -0.494 e. The highest BCUT2D eigenvalue weighted by Crippen LogP contribution is 2.41. The Kier molecular flexibility index (Phi) is 10.0. The van der Waals surface area contributed by atoms with Crippen LogP contribution in [0.3, 0.4) is 0 Å². The Morgan fingerprint density at radius 1 is 1.00 bits per heavy atom. The zero-order valence-electron chi connectivity index (χ0n) is 27.1. The maximum Gasteiger partial charge on any atom is 0.247 e. The molecule has 2 N–H and O–H groups in total. The van der Waals surface area contributed by atoms with E-state index in [0.29, 0.717) is 47.8 Å². The second kappa shape index (κ2) is 14.5. The van der Waals surface area contributed by atoms with E-state index < -0.39 is 17.7 Å². The lowest BCUT2D eigenvalue weighted by molar-refractivity contribution is -0.131. The standard InChI is InChI=1S/C34H40F2N8O4/c1-4-34(46)40-27-18-28(31(47-3)19-30(27)43-10-7-24(8-11-43)42-14-12-41(13-15-42)22(2)45)39-32-20-33(38-21-37-32)44-29(9-16-48-44)25-17-23(35)5-6-26(25)36/h4-6,17-21,24,29H,1,7-16H2,2-3H3,(H,40,46)(H,37,38,39)/t29-/m1/s1. The van der Waals surface area contributed by atoms with Crippen LogP contribution in [0.5, 0.6) is 5.75 Å². The molecule has 0 spiro atoms. The smallest absolute Gasteiger partial charge is 0.247 e. The molecule has 3 aliphatic rings. The van der Waals surface area contributed by atoms with Crippen molar-refractivity contribution in [2.24, 2.45) is 0 Å². The number of carbonyl (C=O) groups is 2. The molecule has 3 saturated heterocycles. The number of halogens is 2. The van der Waals surface area contributed by atoms with Gasteiger partial charge >= 0.3 is 0 Å². The summed E-state index contributed by atoms with van der Waals surface area (Å²) < 4.78 is 34.5. The van der Waals surface area contributed by atoms with Gasteiger partial charge in [0, 0.05) is 76.4 Å². The van der Waals surface area contributed by atoms with E-state index in [0.717, 1.165) is 69.9 Å². The van der Waals surface area contributed by atoms with Crippen molar-refractivity contribution in [3.05, 3.63) is 72.6 Å². The molecule has 2 amide bonds. The molecule has 0 saturated carbocycles. The number of piperidine rings is 1. The number of carbonyl (C=O) groups excluding carboxylic acids is 2. The van der Waals surface area contributed by atoms with Crippen molar-refractivity contribution >= 4 is 40.5 Å². The Bertz CT molecular complexity index is 1660. The van der Waals surface area contributed by atoms with Crippen LogP contribution in [0.2, 0.25) is 0 Å². The monoisotopic (exact) mass is 662 g/mol. The van der Waals surface area contributed by atoms with Crippen molar-refractivity contribution in [1.29, 1.82) is 0 Å². The van der Waals surface area contributed by atoms with Gasteiger partial charge in [-0.15, -0.1) is 0 Å². The molecular formula is C34H40F2N8O4. The molecule has 2 aromatic carbocycles. The van der Waals surface area contributed by atoms with Crippen LogP contribution >= 0.6 is 0 Å². The minimum absolute atomic E-state index is 0.123. The second-order valence-electron chi connectivity index (χ2n) is 12.0. The number of ether oxygens (including phenoxy) is 1. The van der Waals surface area contributed by atoms with Gasteiger partial charge in [0.05, 0.1) is 36.8 Å². The van der Waals surface area contributed by atoms with Crippen LogP contribution in [0.15, 0.2) is 55.4 Å². The predicted octanol–water partition coefficient (Wildman–Crippen LogP) is 4.65. The van der Waals surface area contributed by atoms with Crippen LogP contribution in [-0.4, -0.2) is 90.6 Å². The predicted molar refractivity (Wildman–Crippen MR) is 178 cm³/mol. The number of nitrogens with one attached hydrogen (secondary N) is 2. The number of piperazine rings is 1. The summed E-state index contributed by atoms with van der Waals surface area (Å²) in [7, 11) is 1.57. The summed E-state index contributed by atoms with van der Waals surface area (Å²) in [6.07, 6.45) is 4.91. The Morgan fingerprint density at radius 3 is 2.48 bits per heavy atom.